The minimum absolute atomic E-state index is 0. The zero-order chi connectivity index (χ0) is 3.58. The van der Waals surface area contributed by atoms with Gasteiger partial charge in [-0.25, -0.2) is 4.79 Å². The number of rotatable bonds is 0. The van der Waals surface area contributed by atoms with Crippen LogP contribution in [0.15, 0.2) is 0 Å². The molecule has 0 rings (SSSR count). The van der Waals surface area contributed by atoms with E-state index in [1.54, 1.807) is 0 Å². The van der Waals surface area contributed by atoms with Gasteiger partial charge in [0.2, 0.25) is 0 Å². The van der Waals surface area contributed by atoms with Gasteiger partial charge in [0.1, 0.15) is 0 Å². The third-order valence-electron chi connectivity index (χ3n) is 0. The Morgan fingerprint density at radius 1 is 1.43 bits per heavy atom. The summed E-state index contributed by atoms with van der Waals surface area (Å²) in [5.41, 5.74) is 0. The van der Waals surface area contributed by atoms with Crippen molar-refractivity contribution in [2.75, 3.05) is 0 Å². The number of hydrogen-bond acceptors (Lipinski definition) is 1. The van der Waals surface area contributed by atoms with E-state index in [0.29, 0.717) is 0 Å². The van der Waals surface area contributed by atoms with Gasteiger partial charge in [0, 0.05) is 26.2 Å². The SMILES string of the molecule is O=C(O)O.[Ca+2].[H-].[H-].[H-].[K+].[Zr]. The van der Waals surface area contributed by atoms with Crippen LogP contribution in [0.5, 0.6) is 0 Å². The molecule has 0 aromatic heterocycles. The summed E-state index contributed by atoms with van der Waals surface area (Å²) in [5.74, 6) is 0. The molecule has 0 aliphatic heterocycles. The summed E-state index contributed by atoms with van der Waals surface area (Å²) in [6.45, 7) is 0. The van der Waals surface area contributed by atoms with Gasteiger partial charge in [0.05, 0.1) is 0 Å². The summed E-state index contributed by atoms with van der Waals surface area (Å²) in [5, 5.41) is 13.9. The molecule has 0 saturated heterocycles. The summed E-state index contributed by atoms with van der Waals surface area (Å²) in [6, 6.07) is 0. The molecule has 6 heteroatoms. The van der Waals surface area contributed by atoms with Gasteiger partial charge in [-0.2, -0.15) is 0 Å². The van der Waals surface area contributed by atoms with Gasteiger partial charge in [0.25, 0.3) is 0 Å². The van der Waals surface area contributed by atoms with Crippen molar-refractivity contribution in [1.82, 2.24) is 0 Å². The second kappa shape index (κ2) is 16.0. The van der Waals surface area contributed by atoms with Gasteiger partial charge < -0.3 is 14.5 Å². The Balaban J connectivity index is -0.00000000300. The van der Waals surface area contributed by atoms with E-state index in [9.17, 15) is 0 Å². The topological polar surface area (TPSA) is 57.5 Å². The fraction of sp³-hybridized carbons (Fsp3) is 0. The van der Waals surface area contributed by atoms with Crippen LogP contribution in [0, 0.1) is 0 Å². The van der Waals surface area contributed by atoms with Crippen molar-refractivity contribution in [2.24, 2.45) is 0 Å². The first-order valence-electron chi connectivity index (χ1n) is 0.651. The molecule has 34 valence electrons. The van der Waals surface area contributed by atoms with Gasteiger partial charge in [-0.1, -0.05) is 0 Å². The van der Waals surface area contributed by atoms with E-state index in [4.69, 9.17) is 15.0 Å². The second-order valence-corrected chi connectivity index (χ2v) is 0.283. The van der Waals surface area contributed by atoms with Crippen molar-refractivity contribution in [2.45, 2.75) is 0 Å². The monoisotopic (exact) mass is 234 g/mol. The van der Waals surface area contributed by atoms with Crippen LogP contribution in [0.1, 0.15) is 4.28 Å². The fourth-order valence-corrected chi connectivity index (χ4v) is 0. The van der Waals surface area contributed by atoms with Crippen molar-refractivity contribution in [3.8, 4) is 0 Å². The first kappa shape index (κ1) is 22.5. The van der Waals surface area contributed by atoms with Crippen LogP contribution in [-0.4, -0.2) is 54.1 Å². The molecule has 0 saturated carbocycles. The van der Waals surface area contributed by atoms with Crippen molar-refractivity contribution >= 4 is 43.9 Å². The molecule has 0 radical (unpaired) electrons. The average Bonchev–Trinajstić information content (AvgIpc) is 0.811. The van der Waals surface area contributed by atoms with E-state index < -0.39 is 6.16 Å². The van der Waals surface area contributed by atoms with Crippen molar-refractivity contribution in [3.05, 3.63) is 0 Å². The normalized spacial score (nSPS) is 3.43. The first-order valence-corrected chi connectivity index (χ1v) is 0.651. The third-order valence-corrected chi connectivity index (χ3v) is 0. The maximum Gasteiger partial charge on any atom is 2.00 e. The Morgan fingerprint density at radius 3 is 1.43 bits per heavy atom. The van der Waals surface area contributed by atoms with Crippen molar-refractivity contribution in [3.63, 3.8) is 0 Å². The molecule has 0 fully saturated rings. The van der Waals surface area contributed by atoms with Crippen LogP contribution in [0.4, 0.5) is 4.79 Å². The summed E-state index contributed by atoms with van der Waals surface area (Å²) in [6.07, 6.45) is -1.83. The molecule has 0 heterocycles. The minimum Gasteiger partial charge on any atom is -1.00 e. The van der Waals surface area contributed by atoms with E-state index >= 15 is 0 Å². The minimum atomic E-state index is -1.83. The largest absolute Gasteiger partial charge is 2.00 e. The molecule has 3 nitrogen and oxygen atoms in total. The molecule has 0 aromatic rings. The maximum atomic E-state index is 8.56. The molecule has 0 atom stereocenters. The van der Waals surface area contributed by atoms with E-state index in [2.05, 4.69) is 0 Å². The predicted octanol–water partition coefficient (Wildman–Crippen LogP) is -2.82. The summed E-state index contributed by atoms with van der Waals surface area (Å²) in [4.78, 5) is 8.56. The average molecular weight is 235 g/mol. The summed E-state index contributed by atoms with van der Waals surface area (Å²) >= 11 is 0. The molecule has 0 amide bonds. The van der Waals surface area contributed by atoms with Gasteiger partial charge in [-0.15, -0.1) is 0 Å². The van der Waals surface area contributed by atoms with Crippen molar-refractivity contribution < 1.29 is 96.9 Å². The molecule has 0 aliphatic rings. The summed E-state index contributed by atoms with van der Waals surface area (Å²) in [7, 11) is 0. The standard InChI is InChI=1S/CH2O3.Ca.K.Zr.3H/c2-1(3)4;;;;;;/h(H2,2,3,4);;;;;;/q;+2;+1;;3*-1. The molecule has 0 aliphatic carbocycles. The number of carboxylic acid groups (broad SMARTS) is 2. The first-order chi connectivity index (χ1) is 1.73. The zero-order valence-electron chi connectivity index (χ0n) is 7.01. The second-order valence-electron chi connectivity index (χ2n) is 0.283. The predicted molar refractivity (Wildman–Crippen MR) is 19.7 cm³/mol. The molecular formula is CH5CaKO3Zr. The smallest absolute Gasteiger partial charge is 1.00 e. The van der Waals surface area contributed by atoms with Crippen LogP contribution in [0.3, 0.4) is 0 Å². The van der Waals surface area contributed by atoms with E-state index in [0.717, 1.165) is 0 Å². The van der Waals surface area contributed by atoms with E-state index in [1.807, 2.05) is 0 Å². The fourth-order valence-electron chi connectivity index (χ4n) is 0. The molecule has 0 bridgehead atoms. The Labute approximate surface area is 137 Å². The van der Waals surface area contributed by atoms with Crippen LogP contribution in [0.25, 0.3) is 0 Å². The van der Waals surface area contributed by atoms with E-state index in [1.165, 1.54) is 0 Å². The Kier molecular flexibility index (Phi) is 51.5. The Morgan fingerprint density at radius 2 is 1.43 bits per heavy atom. The van der Waals surface area contributed by atoms with Gasteiger partial charge in [-0.05, 0) is 0 Å². The van der Waals surface area contributed by atoms with Crippen LogP contribution in [-0.2, 0) is 26.2 Å². The molecule has 0 aromatic carbocycles. The molecule has 2 N–H and O–H groups in total. The molecular weight excluding hydrogens is 230 g/mol. The van der Waals surface area contributed by atoms with Crippen LogP contribution < -0.4 is 51.4 Å². The van der Waals surface area contributed by atoms with Gasteiger partial charge in [0.15, 0.2) is 0 Å². The molecule has 0 spiro atoms. The van der Waals surface area contributed by atoms with Crippen LogP contribution >= 0.6 is 0 Å². The van der Waals surface area contributed by atoms with Gasteiger partial charge >= 0.3 is 95.3 Å². The Hall–Kier alpha value is 3.05. The maximum absolute atomic E-state index is 8.56. The third kappa shape index (κ3) is 48.4. The van der Waals surface area contributed by atoms with E-state index in [-0.39, 0.29) is 120 Å². The van der Waals surface area contributed by atoms with Crippen molar-refractivity contribution in [1.29, 1.82) is 0 Å². The molecule has 7 heavy (non-hydrogen) atoms. The molecule has 0 unspecified atom stereocenters. The number of hydrogen-bond donors (Lipinski definition) is 2. The quantitative estimate of drug-likeness (QED) is 0.446. The zero-order valence-corrected chi connectivity index (χ0v) is 11.8. The van der Waals surface area contributed by atoms with Gasteiger partial charge in [-0.3, -0.25) is 0 Å². The Bertz CT molecular complexity index is 46.7. The summed E-state index contributed by atoms with van der Waals surface area (Å²) < 4.78 is 0. The van der Waals surface area contributed by atoms with Crippen LogP contribution in [0.2, 0.25) is 0 Å². The number of carbonyl (C=O) groups is 1.